The Kier molecular flexibility index (Phi) is 5.86. The molecule has 2 amide bonds. The summed E-state index contributed by atoms with van der Waals surface area (Å²) in [6.45, 7) is 0.913. The number of amides is 2. The molecule has 160 valence electrons. The van der Waals surface area contributed by atoms with Crippen LogP contribution in [-0.2, 0) is 19.6 Å². The molecule has 0 bridgehead atoms. The van der Waals surface area contributed by atoms with Crippen molar-refractivity contribution in [3.63, 3.8) is 0 Å². The molecule has 0 radical (unpaired) electrons. The molecule has 1 aliphatic rings. The number of carbonyl (C=O) groups excluding carboxylic acids is 2. The van der Waals surface area contributed by atoms with Gasteiger partial charge in [0.1, 0.15) is 4.90 Å². The molecule has 7 nitrogen and oxygen atoms in total. The van der Waals surface area contributed by atoms with Gasteiger partial charge in [-0.1, -0.05) is 12.1 Å². The van der Waals surface area contributed by atoms with Crippen LogP contribution in [0.3, 0.4) is 0 Å². The van der Waals surface area contributed by atoms with Gasteiger partial charge in [0.25, 0.3) is 0 Å². The zero-order valence-corrected chi connectivity index (χ0v) is 16.8. The number of hydrogen-bond donors (Lipinski definition) is 1. The second-order valence-corrected chi connectivity index (χ2v) is 8.83. The minimum absolute atomic E-state index is 0.0192. The minimum atomic E-state index is -4.64. The topological polar surface area (TPSA) is 86.8 Å². The summed E-state index contributed by atoms with van der Waals surface area (Å²) in [5.74, 6) is -6.30. The van der Waals surface area contributed by atoms with Crippen molar-refractivity contribution in [2.24, 2.45) is 0 Å². The number of halogens is 3. The molecular weight excluding hydrogens is 423 g/mol. The fraction of sp³-hybridized carbons (Fsp3) is 0.263. The van der Waals surface area contributed by atoms with Gasteiger partial charge < -0.3 is 10.2 Å². The lowest BCUT2D eigenvalue weighted by Crippen LogP contribution is -2.45. The van der Waals surface area contributed by atoms with E-state index in [9.17, 15) is 31.2 Å². The third kappa shape index (κ3) is 3.90. The van der Waals surface area contributed by atoms with Gasteiger partial charge >= 0.3 is 0 Å². The average molecular weight is 441 g/mol. The van der Waals surface area contributed by atoms with Gasteiger partial charge in [-0.3, -0.25) is 9.59 Å². The van der Waals surface area contributed by atoms with E-state index >= 15 is 0 Å². The van der Waals surface area contributed by atoms with E-state index in [1.165, 1.54) is 4.90 Å². The summed E-state index contributed by atoms with van der Waals surface area (Å²) in [5.41, 5.74) is 0.767. The molecule has 0 spiro atoms. The number of rotatable bonds is 4. The number of carbonyl (C=O) groups is 2. The van der Waals surface area contributed by atoms with Crippen LogP contribution in [0.15, 0.2) is 41.3 Å². The molecule has 0 aromatic heterocycles. The van der Waals surface area contributed by atoms with Gasteiger partial charge in [0.05, 0.1) is 17.9 Å². The second kappa shape index (κ2) is 8.07. The molecule has 2 aromatic carbocycles. The van der Waals surface area contributed by atoms with Crippen LogP contribution in [0.1, 0.15) is 13.3 Å². The molecule has 1 N–H and O–H groups in total. The minimum Gasteiger partial charge on any atom is -0.324 e. The number of para-hydroxylation sites is 2. The van der Waals surface area contributed by atoms with Crippen molar-refractivity contribution >= 4 is 33.2 Å². The first-order valence-electron chi connectivity index (χ1n) is 8.84. The van der Waals surface area contributed by atoms with E-state index in [-0.39, 0.29) is 12.3 Å². The molecule has 1 unspecified atom stereocenters. The van der Waals surface area contributed by atoms with E-state index in [1.807, 2.05) is 0 Å². The second-order valence-electron chi connectivity index (χ2n) is 6.82. The van der Waals surface area contributed by atoms with Gasteiger partial charge in [-0.2, -0.15) is 4.31 Å². The summed E-state index contributed by atoms with van der Waals surface area (Å²) in [6.07, 6.45) is -0.0192. The van der Waals surface area contributed by atoms with Gasteiger partial charge in [-0.15, -0.1) is 0 Å². The van der Waals surface area contributed by atoms with Gasteiger partial charge in [0.2, 0.25) is 21.8 Å². The van der Waals surface area contributed by atoms with Crippen LogP contribution >= 0.6 is 0 Å². The predicted octanol–water partition coefficient (Wildman–Crippen LogP) is 2.49. The molecule has 30 heavy (non-hydrogen) atoms. The summed E-state index contributed by atoms with van der Waals surface area (Å²) in [7, 11) is -3.62. The molecule has 1 heterocycles. The number of nitrogens with one attached hydrogen (secondary N) is 1. The third-order valence-electron chi connectivity index (χ3n) is 4.67. The fourth-order valence-electron chi connectivity index (χ4n) is 3.19. The van der Waals surface area contributed by atoms with E-state index in [4.69, 9.17) is 0 Å². The number of fused-ring (bicyclic) bond motifs is 1. The van der Waals surface area contributed by atoms with E-state index in [2.05, 4.69) is 5.32 Å². The number of nitrogens with zero attached hydrogens (tertiary/aromatic N) is 2. The third-order valence-corrected chi connectivity index (χ3v) is 6.49. The van der Waals surface area contributed by atoms with Crippen LogP contribution in [0.4, 0.5) is 24.5 Å². The van der Waals surface area contributed by atoms with Crippen molar-refractivity contribution in [3.8, 4) is 0 Å². The molecule has 2 aromatic rings. The maximum atomic E-state index is 14.0. The van der Waals surface area contributed by atoms with Crippen molar-refractivity contribution in [3.05, 3.63) is 53.8 Å². The lowest BCUT2D eigenvalue weighted by atomic mass is 10.1. The van der Waals surface area contributed by atoms with Crippen molar-refractivity contribution < 1.29 is 31.2 Å². The highest BCUT2D eigenvalue weighted by molar-refractivity contribution is 7.89. The largest absolute Gasteiger partial charge is 0.324 e. The summed E-state index contributed by atoms with van der Waals surface area (Å²) < 4.78 is 66.5. The van der Waals surface area contributed by atoms with E-state index < -0.39 is 50.9 Å². The van der Waals surface area contributed by atoms with Crippen LogP contribution < -0.4 is 10.2 Å². The molecule has 0 saturated carbocycles. The zero-order valence-electron chi connectivity index (χ0n) is 16.0. The van der Waals surface area contributed by atoms with E-state index in [0.29, 0.717) is 27.8 Å². The van der Waals surface area contributed by atoms with Gasteiger partial charge in [0.15, 0.2) is 17.5 Å². The number of benzene rings is 2. The first-order valence-corrected chi connectivity index (χ1v) is 10.3. The number of anilines is 2. The molecular formula is C19H18F3N3O4S. The Morgan fingerprint density at radius 1 is 1.17 bits per heavy atom. The lowest BCUT2D eigenvalue weighted by Gasteiger charge is -2.29. The molecule has 11 heteroatoms. The van der Waals surface area contributed by atoms with Crippen LogP contribution in [0, 0.1) is 17.5 Å². The van der Waals surface area contributed by atoms with Crippen LogP contribution in [0.25, 0.3) is 0 Å². The quantitative estimate of drug-likeness (QED) is 0.739. The highest BCUT2D eigenvalue weighted by atomic mass is 32.2. The smallest absolute Gasteiger partial charge is 0.246 e. The standard InChI is InChI=1S/C19H18F3N3O4S/c1-11-9-16(26)23-13-5-3-4-6-14(13)25(11)17(27)10-24(2)30(28,29)15-8-7-12(20)18(21)19(15)22/h3-8,11H,9-10H2,1-2H3,(H,23,26). The van der Waals surface area contributed by atoms with Gasteiger partial charge in [0, 0.05) is 19.5 Å². The molecule has 3 rings (SSSR count). The number of hydrogen-bond acceptors (Lipinski definition) is 4. The van der Waals surface area contributed by atoms with Crippen molar-refractivity contribution in [2.45, 2.75) is 24.3 Å². The van der Waals surface area contributed by atoms with E-state index in [1.54, 1.807) is 31.2 Å². The Balaban J connectivity index is 1.92. The maximum absolute atomic E-state index is 14.0. The summed E-state index contributed by atoms with van der Waals surface area (Å²) >= 11 is 0. The van der Waals surface area contributed by atoms with Gasteiger partial charge in [-0.05, 0) is 31.2 Å². The van der Waals surface area contributed by atoms with Crippen LogP contribution in [0.5, 0.6) is 0 Å². The summed E-state index contributed by atoms with van der Waals surface area (Å²) in [5, 5.41) is 2.67. The molecule has 0 fully saturated rings. The van der Waals surface area contributed by atoms with Crippen molar-refractivity contribution in [2.75, 3.05) is 23.8 Å². The van der Waals surface area contributed by atoms with Crippen LogP contribution in [-0.4, -0.2) is 44.2 Å². The summed E-state index contributed by atoms with van der Waals surface area (Å²) in [6, 6.07) is 7.02. The van der Waals surface area contributed by atoms with Crippen LogP contribution in [0.2, 0.25) is 0 Å². The fourth-order valence-corrected chi connectivity index (χ4v) is 4.37. The SMILES string of the molecule is CC1CC(=O)Nc2ccccc2N1C(=O)CN(C)S(=O)(=O)c1ccc(F)c(F)c1F. The predicted molar refractivity (Wildman–Crippen MR) is 103 cm³/mol. The monoisotopic (exact) mass is 441 g/mol. The lowest BCUT2D eigenvalue weighted by molar-refractivity contribution is -0.119. The highest BCUT2D eigenvalue weighted by Gasteiger charge is 2.34. The Hall–Kier alpha value is -2.92. The van der Waals surface area contributed by atoms with E-state index in [0.717, 1.165) is 7.05 Å². The number of sulfonamides is 1. The molecule has 1 aliphatic heterocycles. The molecule has 0 saturated heterocycles. The highest BCUT2D eigenvalue weighted by Crippen LogP contribution is 2.31. The van der Waals surface area contributed by atoms with Gasteiger partial charge in [-0.25, -0.2) is 21.6 Å². The Morgan fingerprint density at radius 2 is 1.83 bits per heavy atom. The Bertz CT molecular complexity index is 1120. The molecule has 0 aliphatic carbocycles. The normalized spacial score (nSPS) is 16.8. The maximum Gasteiger partial charge on any atom is 0.246 e. The number of likely N-dealkylation sites (N-methyl/N-ethyl adjacent to an activating group) is 1. The zero-order chi connectivity index (χ0) is 22.2. The van der Waals surface area contributed by atoms with Crippen molar-refractivity contribution in [1.82, 2.24) is 4.31 Å². The summed E-state index contributed by atoms with van der Waals surface area (Å²) in [4.78, 5) is 25.2. The first kappa shape index (κ1) is 21.8. The average Bonchev–Trinajstić information content (AvgIpc) is 2.79. The Labute approximate surface area is 171 Å². The first-order chi connectivity index (χ1) is 14.0. The van der Waals surface area contributed by atoms with Crippen molar-refractivity contribution in [1.29, 1.82) is 0 Å². The Morgan fingerprint density at radius 3 is 2.53 bits per heavy atom. The molecule has 1 atom stereocenters.